The molecule has 6 nitrogen and oxygen atoms in total. The Morgan fingerprint density at radius 2 is 2.08 bits per heavy atom. The Morgan fingerprint density at radius 1 is 1.28 bits per heavy atom. The smallest absolute Gasteiger partial charge is 0.233 e. The highest BCUT2D eigenvalue weighted by Crippen LogP contribution is 2.31. The number of benzene rings is 1. The average Bonchev–Trinajstić information content (AvgIpc) is 2.91. The van der Waals surface area contributed by atoms with Gasteiger partial charge in [0, 0.05) is 26.6 Å². The Hall–Kier alpha value is -2.60. The summed E-state index contributed by atoms with van der Waals surface area (Å²) in [4.78, 5) is 25.3. The summed E-state index contributed by atoms with van der Waals surface area (Å²) in [6, 6.07) is 9.96. The minimum atomic E-state index is -0.141. The topological polar surface area (TPSA) is 70.7 Å². The number of ketones is 1. The van der Waals surface area contributed by atoms with Crippen LogP contribution in [0, 0.1) is 0 Å². The molecule has 0 aromatic heterocycles. The Bertz CT molecular complexity index is 697. The lowest BCUT2D eigenvalue weighted by Gasteiger charge is -2.22. The van der Waals surface area contributed by atoms with Crippen molar-refractivity contribution in [3.63, 3.8) is 0 Å². The van der Waals surface area contributed by atoms with E-state index in [-0.39, 0.29) is 24.5 Å². The SMILES string of the molecule is CN1C2=C(CC(=O)C=C2)OC1CCNC(=O)CNCc1ccccc1. The molecule has 1 amide bonds. The van der Waals surface area contributed by atoms with E-state index in [9.17, 15) is 9.59 Å². The molecule has 6 heteroatoms. The first-order valence-corrected chi connectivity index (χ1v) is 8.48. The molecule has 3 rings (SSSR count). The van der Waals surface area contributed by atoms with E-state index in [1.807, 2.05) is 42.3 Å². The van der Waals surface area contributed by atoms with Gasteiger partial charge in [0.15, 0.2) is 12.0 Å². The molecule has 1 aliphatic heterocycles. The molecule has 1 aliphatic carbocycles. The lowest BCUT2D eigenvalue weighted by Crippen LogP contribution is -2.37. The van der Waals surface area contributed by atoms with Gasteiger partial charge in [-0.2, -0.15) is 0 Å². The van der Waals surface area contributed by atoms with Crippen LogP contribution in [-0.2, 0) is 20.9 Å². The maximum Gasteiger partial charge on any atom is 0.233 e. The second-order valence-electron chi connectivity index (χ2n) is 6.20. The number of hydrogen-bond acceptors (Lipinski definition) is 5. The van der Waals surface area contributed by atoms with Gasteiger partial charge in [-0.15, -0.1) is 0 Å². The average molecular weight is 341 g/mol. The van der Waals surface area contributed by atoms with Gasteiger partial charge < -0.3 is 20.3 Å². The number of allylic oxidation sites excluding steroid dienone is 3. The van der Waals surface area contributed by atoms with E-state index in [0.29, 0.717) is 25.9 Å². The number of nitrogens with one attached hydrogen (secondary N) is 2. The predicted molar refractivity (Wildman–Crippen MR) is 94.2 cm³/mol. The van der Waals surface area contributed by atoms with Crippen LogP contribution in [-0.4, -0.2) is 43.0 Å². The molecule has 1 aromatic rings. The van der Waals surface area contributed by atoms with Gasteiger partial charge in [-0.05, 0) is 17.7 Å². The highest BCUT2D eigenvalue weighted by atomic mass is 16.5. The maximum absolute atomic E-state index is 11.9. The van der Waals surface area contributed by atoms with Crippen molar-refractivity contribution in [3.8, 4) is 0 Å². The molecule has 0 saturated heterocycles. The van der Waals surface area contributed by atoms with Crippen LogP contribution in [0.4, 0.5) is 0 Å². The van der Waals surface area contributed by atoms with Gasteiger partial charge in [-0.25, -0.2) is 0 Å². The Morgan fingerprint density at radius 3 is 2.88 bits per heavy atom. The lowest BCUT2D eigenvalue weighted by molar-refractivity contribution is -0.120. The summed E-state index contributed by atoms with van der Waals surface area (Å²) in [5.74, 6) is 0.755. The molecule has 0 radical (unpaired) electrons. The van der Waals surface area contributed by atoms with Crippen molar-refractivity contribution in [1.82, 2.24) is 15.5 Å². The van der Waals surface area contributed by atoms with E-state index in [0.717, 1.165) is 17.0 Å². The van der Waals surface area contributed by atoms with Gasteiger partial charge in [0.25, 0.3) is 0 Å². The fraction of sp³-hybridized carbons (Fsp3) is 0.368. The molecule has 1 aromatic carbocycles. The standard InChI is InChI=1S/C19H23N3O3/c1-22-16-8-7-15(23)11-17(16)25-19(22)9-10-21-18(24)13-20-12-14-5-3-2-4-6-14/h2-8,19-20H,9-13H2,1H3,(H,21,24). The molecule has 25 heavy (non-hydrogen) atoms. The zero-order valence-electron chi connectivity index (χ0n) is 14.3. The number of amides is 1. The Kier molecular flexibility index (Phi) is 5.50. The Labute approximate surface area is 147 Å². The van der Waals surface area contributed by atoms with E-state index in [4.69, 9.17) is 4.74 Å². The van der Waals surface area contributed by atoms with Crippen LogP contribution >= 0.6 is 0 Å². The van der Waals surface area contributed by atoms with Crippen molar-refractivity contribution in [1.29, 1.82) is 0 Å². The van der Waals surface area contributed by atoms with Gasteiger partial charge in [0.05, 0.1) is 18.7 Å². The van der Waals surface area contributed by atoms with Crippen molar-refractivity contribution >= 4 is 11.7 Å². The van der Waals surface area contributed by atoms with Crippen LogP contribution in [0.25, 0.3) is 0 Å². The summed E-state index contributed by atoms with van der Waals surface area (Å²) >= 11 is 0. The zero-order valence-corrected chi connectivity index (χ0v) is 14.3. The predicted octanol–water partition coefficient (Wildman–Crippen LogP) is 1.31. The second kappa shape index (κ2) is 7.98. The molecule has 1 unspecified atom stereocenters. The van der Waals surface area contributed by atoms with E-state index in [1.54, 1.807) is 12.2 Å². The molecule has 0 spiro atoms. The molecule has 0 saturated carbocycles. The first-order valence-electron chi connectivity index (χ1n) is 8.48. The fourth-order valence-corrected chi connectivity index (χ4v) is 2.95. The number of carbonyl (C=O) groups is 2. The van der Waals surface area contributed by atoms with Crippen LogP contribution < -0.4 is 10.6 Å². The van der Waals surface area contributed by atoms with Crippen LogP contribution in [0.3, 0.4) is 0 Å². The van der Waals surface area contributed by atoms with Crippen molar-refractivity contribution in [2.24, 2.45) is 0 Å². The molecule has 2 aliphatic rings. The third-order valence-corrected chi connectivity index (χ3v) is 4.31. The highest BCUT2D eigenvalue weighted by molar-refractivity contribution is 5.93. The van der Waals surface area contributed by atoms with Crippen molar-refractivity contribution in [2.75, 3.05) is 20.1 Å². The van der Waals surface area contributed by atoms with E-state index < -0.39 is 0 Å². The van der Waals surface area contributed by atoms with Crippen molar-refractivity contribution in [2.45, 2.75) is 25.6 Å². The monoisotopic (exact) mass is 341 g/mol. The summed E-state index contributed by atoms with van der Waals surface area (Å²) in [7, 11) is 1.94. The van der Waals surface area contributed by atoms with Gasteiger partial charge in [0.1, 0.15) is 5.76 Å². The second-order valence-corrected chi connectivity index (χ2v) is 6.20. The third kappa shape index (κ3) is 4.48. The molecule has 1 heterocycles. The van der Waals surface area contributed by atoms with E-state index in [1.165, 1.54) is 0 Å². The molecular weight excluding hydrogens is 318 g/mol. The van der Waals surface area contributed by atoms with Crippen LogP contribution in [0.15, 0.2) is 53.9 Å². The van der Waals surface area contributed by atoms with Crippen molar-refractivity contribution in [3.05, 3.63) is 59.5 Å². The van der Waals surface area contributed by atoms with E-state index >= 15 is 0 Å². The number of rotatable bonds is 7. The zero-order chi connectivity index (χ0) is 17.6. The number of nitrogens with zero attached hydrogens (tertiary/aromatic N) is 1. The third-order valence-electron chi connectivity index (χ3n) is 4.31. The van der Waals surface area contributed by atoms with Gasteiger partial charge in [0.2, 0.25) is 5.91 Å². The van der Waals surface area contributed by atoms with Crippen LogP contribution in [0.2, 0.25) is 0 Å². The molecule has 0 bridgehead atoms. The normalized spacial score (nSPS) is 19.0. The number of likely N-dealkylation sites (N-methyl/N-ethyl adjacent to an activating group) is 1. The largest absolute Gasteiger partial charge is 0.472 e. The summed E-state index contributed by atoms with van der Waals surface area (Å²) in [6.45, 7) is 1.47. The fourth-order valence-electron chi connectivity index (χ4n) is 2.95. The molecule has 132 valence electrons. The minimum Gasteiger partial charge on any atom is -0.472 e. The molecular formula is C19H23N3O3. The molecule has 1 atom stereocenters. The number of carbonyl (C=O) groups excluding carboxylic acids is 2. The summed E-state index contributed by atoms with van der Waals surface area (Å²) in [6.07, 6.45) is 4.23. The minimum absolute atomic E-state index is 0.0376. The Balaban J connectivity index is 1.34. The van der Waals surface area contributed by atoms with Gasteiger partial charge in [-0.1, -0.05) is 30.3 Å². The van der Waals surface area contributed by atoms with Crippen LogP contribution in [0.5, 0.6) is 0 Å². The summed E-state index contributed by atoms with van der Waals surface area (Å²) in [5, 5.41) is 6.02. The quantitative estimate of drug-likeness (QED) is 0.783. The lowest BCUT2D eigenvalue weighted by atomic mass is 10.1. The first kappa shape index (κ1) is 17.2. The maximum atomic E-state index is 11.9. The van der Waals surface area contributed by atoms with Crippen LogP contribution in [0.1, 0.15) is 18.4 Å². The number of hydrogen-bond donors (Lipinski definition) is 2. The number of ether oxygens (including phenoxy) is 1. The van der Waals surface area contributed by atoms with Gasteiger partial charge >= 0.3 is 0 Å². The highest BCUT2D eigenvalue weighted by Gasteiger charge is 2.31. The van der Waals surface area contributed by atoms with Gasteiger partial charge in [-0.3, -0.25) is 9.59 Å². The van der Waals surface area contributed by atoms with E-state index in [2.05, 4.69) is 10.6 Å². The molecule has 0 fully saturated rings. The van der Waals surface area contributed by atoms with Crippen molar-refractivity contribution < 1.29 is 14.3 Å². The summed E-state index contributed by atoms with van der Waals surface area (Å²) < 4.78 is 5.84. The molecule has 2 N–H and O–H groups in total. The first-order chi connectivity index (χ1) is 12.1. The summed E-state index contributed by atoms with van der Waals surface area (Å²) in [5.41, 5.74) is 2.11.